The van der Waals surface area contributed by atoms with E-state index in [1.165, 1.54) is 58.5 Å². The Morgan fingerprint density at radius 2 is 1.64 bits per heavy atom. The molecule has 130 valence electrons. The van der Waals surface area contributed by atoms with Gasteiger partial charge >= 0.3 is 0 Å². The molecule has 0 atom stereocenters. The molecule has 1 saturated heterocycles. The fourth-order valence-electron chi connectivity index (χ4n) is 4.20. The number of nitrogens with zero attached hydrogens (tertiary/aromatic N) is 3. The predicted molar refractivity (Wildman–Crippen MR) is 96.4 cm³/mol. The van der Waals surface area contributed by atoms with Crippen molar-refractivity contribution in [2.75, 3.05) is 46.3 Å². The minimum absolute atomic E-state index is 0.619. The van der Waals surface area contributed by atoms with E-state index < -0.39 is 0 Å². The van der Waals surface area contributed by atoms with Gasteiger partial charge < -0.3 is 9.80 Å². The van der Waals surface area contributed by atoms with E-state index in [0.717, 1.165) is 5.92 Å². The van der Waals surface area contributed by atoms with E-state index in [-0.39, 0.29) is 0 Å². The van der Waals surface area contributed by atoms with Crippen LogP contribution in [0.4, 0.5) is 0 Å². The topological polar surface area (TPSA) is 9.72 Å². The summed E-state index contributed by atoms with van der Waals surface area (Å²) in [5, 5.41) is 0. The van der Waals surface area contributed by atoms with Crippen LogP contribution in [0.1, 0.15) is 53.9 Å². The second-order valence-corrected chi connectivity index (χ2v) is 8.84. The molecule has 3 nitrogen and oxygen atoms in total. The molecule has 0 aromatic carbocycles. The van der Waals surface area contributed by atoms with E-state index in [9.17, 15) is 0 Å². The van der Waals surface area contributed by atoms with Gasteiger partial charge in [0.2, 0.25) is 0 Å². The minimum atomic E-state index is 0.619. The van der Waals surface area contributed by atoms with Crippen molar-refractivity contribution in [2.24, 2.45) is 11.3 Å². The zero-order valence-electron chi connectivity index (χ0n) is 15.9. The zero-order valence-corrected chi connectivity index (χ0v) is 15.9. The first-order valence-electron chi connectivity index (χ1n) is 9.46. The van der Waals surface area contributed by atoms with Crippen molar-refractivity contribution in [3.8, 4) is 0 Å². The highest BCUT2D eigenvalue weighted by molar-refractivity contribution is 4.92. The van der Waals surface area contributed by atoms with Crippen LogP contribution in [-0.4, -0.2) is 73.1 Å². The Labute approximate surface area is 139 Å². The molecule has 1 aliphatic heterocycles. The predicted octanol–water partition coefficient (Wildman–Crippen LogP) is 3.16. The highest BCUT2D eigenvalue weighted by atomic mass is 15.3. The van der Waals surface area contributed by atoms with Gasteiger partial charge in [0, 0.05) is 44.8 Å². The van der Waals surface area contributed by atoms with Crippen molar-refractivity contribution in [1.82, 2.24) is 14.7 Å². The van der Waals surface area contributed by atoms with Crippen molar-refractivity contribution in [3.63, 3.8) is 0 Å². The number of piperazine rings is 1. The molecular formula is C19H39N3. The lowest BCUT2D eigenvalue weighted by Gasteiger charge is -2.49. The molecule has 0 spiro atoms. The molecule has 1 saturated carbocycles. The maximum Gasteiger partial charge on any atom is 0.0113 e. The summed E-state index contributed by atoms with van der Waals surface area (Å²) in [4.78, 5) is 7.82. The van der Waals surface area contributed by atoms with Crippen LogP contribution in [0.3, 0.4) is 0 Å². The molecule has 2 aliphatic rings. The van der Waals surface area contributed by atoms with Crippen molar-refractivity contribution >= 4 is 0 Å². The molecule has 0 unspecified atom stereocenters. The maximum atomic E-state index is 2.71. The maximum absolute atomic E-state index is 2.71. The van der Waals surface area contributed by atoms with Crippen LogP contribution in [0.15, 0.2) is 0 Å². The average molecular weight is 310 g/mol. The van der Waals surface area contributed by atoms with Gasteiger partial charge in [-0.05, 0) is 71.9 Å². The molecule has 3 heteroatoms. The van der Waals surface area contributed by atoms with Crippen molar-refractivity contribution < 1.29 is 0 Å². The Morgan fingerprint density at radius 3 is 2.14 bits per heavy atom. The Kier molecular flexibility index (Phi) is 6.32. The molecule has 0 bridgehead atoms. The zero-order chi connectivity index (χ0) is 16.3. The Hall–Kier alpha value is -0.120. The van der Waals surface area contributed by atoms with Gasteiger partial charge in [-0.15, -0.1) is 0 Å². The number of hydrogen-bond acceptors (Lipinski definition) is 3. The van der Waals surface area contributed by atoms with Gasteiger partial charge in [-0.1, -0.05) is 6.92 Å². The fraction of sp³-hybridized carbons (Fsp3) is 1.00. The summed E-state index contributed by atoms with van der Waals surface area (Å²) in [6.45, 7) is 19.4. The van der Waals surface area contributed by atoms with Crippen LogP contribution in [-0.2, 0) is 0 Å². The third-order valence-corrected chi connectivity index (χ3v) is 6.17. The molecule has 2 fully saturated rings. The number of hydrogen-bond donors (Lipinski definition) is 0. The Balaban J connectivity index is 1.63. The van der Waals surface area contributed by atoms with Gasteiger partial charge in [0.25, 0.3) is 0 Å². The number of rotatable bonds is 7. The molecular weight excluding hydrogens is 270 g/mol. The first-order valence-corrected chi connectivity index (χ1v) is 9.46. The van der Waals surface area contributed by atoms with Crippen LogP contribution in [0.5, 0.6) is 0 Å². The van der Waals surface area contributed by atoms with Gasteiger partial charge in [0.15, 0.2) is 0 Å². The highest BCUT2D eigenvalue weighted by Crippen LogP contribution is 2.48. The molecule has 1 heterocycles. The summed E-state index contributed by atoms with van der Waals surface area (Å²) in [5.74, 6) is 0.958. The molecule has 0 radical (unpaired) electrons. The smallest absolute Gasteiger partial charge is 0.0113 e. The van der Waals surface area contributed by atoms with Crippen molar-refractivity contribution in [3.05, 3.63) is 0 Å². The standard InChI is InChI=1S/C19H39N3/c1-16(2)20(6)8-7-19(5)13-18(14-19)15-21-9-11-22(12-10-21)17(3)4/h16-18H,7-15H2,1-6H3. The fourth-order valence-corrected chi connectivity index (χ4v) is 4.20. The molecule has 22 heavy (non-hydrogen) atoms. The van der Waals surface area contributed by atoms with E-state index in [0.29, 0.717) is 17.5 Å². The third-order valence-electron chi connectivity index (χ3n) is 6.17. The summed E-state index contributed by atoms with van der Waals surface area (Å²) < 4.78 is 0. The van der Waals surface area contributed by atoms with Crippen LogP contribution < -0.4 is 0 Å². The second-order valence-electron chi connectivity index (χ2n) is 8.84. The lowest BCUT2D eigenvalue weighted by Crippen LogP contribution is -2.51. The largest absolute Gasteiger partial charge is 0.304 e. The first kappa shape index (κ1) is 18.2. The third kappa shape index (κ3) is 4.94. The van der Waals surface area contributed by atoms with Gasteiger partial charge in [0.1, 0.15) is 0 Å². The van der Waals surface area contributed by atoms with Crippen LogP contribution >= 0.6 is 0 Å². The summed E-state index contributed by atoms with van der Waals surface area (Å²) >= 11 is 0. The summed E-state index contributed by atoms with van der Waals surface area (Å²) in [6, 6.07) is 1.39. The van der Waals surface area contributed by atoms with Crippen molar-refractivity contribution in [2.45, 2.75) is 66.0 Å². The lowest BCUT2D eigenvalue weighted by atomic mass is 9.61. The van der Waals surface area contributed by atoms with E-state index in [1.807, 2.05) is 0 Å². The van der Waals surface area contributed by atoms with Gasteiger partial charge in [-0.2, -0.15) is 0 Å². The van der Waals surface area contributed by atoms with E-state index in [1.54, 1.807) is 0 Å². The molecule has 1 aliphatic carbocycles. The molecule has 0 amide bonds. The molecule has 2 rings (SSSR count). The average Bonchev–Trinajstić information content (AvgIpc) is 2.43. The summed E-state index contributed by atoms with van der Waals surface area (Å²) in [5.41, 5.74) is 0.619. The quantitative estimate of drug-likeness (QED) is 0.715. The SMILES string of the molecule is CC(C)N(C)CCC1(C)CC(CN2CCN(C(C)C)CC2)C1. The normalized spacial score (nSPS) is 31.2. The molecule has 0 N–H and O–H groups in total. The summed E-state index contributed by atoms with van der Waals surface area (Å²) in [6.07, 6.45) is 4.27. The molecule has 0 aromatic rings. The second kappa shape index (κ2) is 7.63. The molecule has 0 aromatic heterocycles. The van der Waals surface area contributed by atoms with E-state index in [2.05, 4.69) is 56.4 Å². The first-order chi connectivity index (χ1) is 10.3. The van der Waals surface area contributed by atoms with Crippen molar-refractivity contribution in [1.29, 1.82) is 0 Å². The van der Waals surface area contributed by atoms with Crippen LogP contribution in [0.25, 0.3) is 0 Å². The highest BCUT2D eigenvalue weighted by Gasteiger charge is 2.40. The summed E-state index contributed by atoms with van der Waals surface area (Å²) in [7, 11) is 2.26. The van der Waals surface area contributed by atoms with Crippen LogP contribution in [0, 0.1) is 11.3 Å². The van der Waals surface area contributed by atoms with Gasteiger partial charge in [-0.25, -0.2) is 0 Å². The Bertz CT molecular complexity index is 326. The van der Waals surface area contributed by atoms with Gasteiger partial charge in [-0.3, -0.25) is 4.90 Å². The minimum Gasteiger partial charge on any atom is -0.304 e. The lowest BCUT2D eigenvalue weighted by molar-refractivity contribution is 0.0133. The van der Waals surface area contributed by atoms with Crippen LogP contribution in [0.2, 0.25) is 0 Å². The monoisotopic (exact) mass is 309 g/mol. The van der Waals surface area contributed by atoms with Gasteiger partial charge in [0.05, 0.1) is 0 Å². The van der Waals surface area contributed by atoms with E-state index in [4.69, 9.17) is 0 Å². The Morgan fingerprint density at radius 1 is 1.05 bits per heavy atom. The van der Waals surface area contributed by atoms with E-state index >= 15 is 0 Å².